The molecule has 0 saturated heterocycles. The van der Waals surface area contributed by atoms with E-state index >= 15 is 0 Å². The Hall–Kier alpha value is -1.23. The maximum atomic E-state index is 11.1. The zero-order chi connectivity index (χ0) is 12.1. The van der Waals surface area contributed by atoms with Gasteiger partial charge in [-0.3, -0.25) is 0 Å². The first-order chi connectivity index (χ1) is 7.81. The molecule has 0 atom stereocenters. The van der Waals surface area contributed by atoms with Gasteiger partial charge >= 0.3 is 5.97 Å². The molecule has 0 aromatic carbocycles. The molecular weight excluding hydrogens is 200 g/mol. The first kappa shape index (κ1) is 14.8. The molecule has 2 heteroatoms. The Kier molecular flexibility index (Phi) is 10.9. The molecule has 0 aliphatic rings. The molecule has 90 valence electrons. The second kappa shape index (κ2) is 11.8. The van der Waals surface area contributed by atoms with E-state index in [2.05, 4.69) is 31.8 Å². The lowest BCUT2D eigenvalue weighted by Crippen LogP contribution is -2.01. The summed E-state index contributed by atoms with van der Waals surface area (Å²) in [7, 11) is 0. The molecule has 0 amide bonds. The van der Waals surface area contributed by atoms with Gasteiger partial charge in [0.25, 0.3) is 0 Å². The standard InChI is InChI=1S/C14H22O2/c1-3-5-7-9-10-12-14(15)16-13-11-8-6-4-2/h6,8H,3-5,7,9,11,13H2,1-2H3/b8-6+. The van der Waals surface area contributed by atoms with Crippen LogP contribution in [-0.4, -0.2) is 12.6 Å². The van der Waals surface area contributed by atoms with Crippen molar-refractivity contribution >= 4 is 5.97 Å². The smallest absolute Gasteiger partial charge is 0.384 e. The van der Waals surface area contributed by atoms with E-state index in [4.69, 9.17) is 4.74 Å². The second-order valence-corrected chi connectivity index (χ2v) is 3.56. The van der Waals surface area contributed by atoms with Gasteiger partial charge in [0.15, 0.2) is 0 Å². The van der Waals surface area contributed by atoms with Gasteiger partial charge in [0.05, 0.1) is 6.61 Å². The molecular formula is C14H22O2. The maximum absolute atomic E-state index is 11.1. The molecule has 0 saturated carbocycles. The molecule has 16 heavy (non-hydrogen) atoms. The lowest BCUT2D eigenvalue weighted by atomic mass is 10.2. The SMILES string of the molecule is CC/C=C/CCOC(=O)C#CCCCCC. The maximum Gasteiger partial charge on any atom is 0.384 e. The number of esters is 1. The Balaban J connectivity index is 3.46. The van der Waals surface area contributed by atoms with Crippen LogP contribution >= 0.6 is 0 Å². The number of allylic oxidation sites excluding steroid dienone is 1. The van der Waals surface area contributed by atoms with Crippen LogP contribution in [0.1, 0.15) is 52.4 Å². The lowest BCUT2D eigenvalue weighted by Gasteiger charge is -1.95. The quantitative estimate of drug-likeness (QED) is 0.217. The second-order valence-electron chi connectivity index (χ2n) is 3.56. The minimum absolute atomic E-state index is 0.401. The first-order valence-corrected chi connectivity index (χ1v) is 6.11. The normalized spacial score (nSPS) is 9.88. The highest BCUT2D eigenvalue weighted by molar-refractivity contribution is 5.88. The van der Waals surface area contributed by atoms with Crippen LogP contribution in [0.25, 0.3) is 0 Å². The fraction of sp³-hybridized carbons (Fsp3) is 0.643. The summed E-state index contributed by atoms with van der Waals surface area (Å²) >= 11 is 0. The molecule has 0 bridgehead atoms. The van der Waals surface area contributed by atoms with Crippen molar-refractivity contribution in [3.05, 3.63) is 12.2 Å². The monoisotopic (exact) mass is 222 g/mol. The predicted molar refractivity (Wildman–Crippen MR) is 66.9 cm³/mol. The number of hydrogen-bond acceptors (Lipinski definition) is 2. The van der Waals surface area contributed by atoms with Crippen molar-refractivity contribution in [3.63, 3.8) is 0 Å². The number of rotatable bonds is 7. The van der Waals surface area contributed by atoms with Crippen molar-refractivity contribution in [2.75, 3.05) is 6.61 Å². The van der Waals surface area contributed by atoms with Crippen LogP contribution in [-0.2, 0) is 9.53 Å². The fourth-order valence-corrected chi connectivity index (χ4v) is 1.14. The minimum atomic E-state index is -0.401. The topological polar surface area (TPSA) is 26.3 Å². The molecule has 0 fully saturated rings. The van der Waals surface area contributed by atoms with Crippen LogP contribution in [0.15, 0.2) is 12.2 Å². The number of hydrogen-bond donors (Lipinski definition) is 0. The molecule has 0 unspecified atom stereocenters. The van der Waals surface area contributed by atoms with Crippen LogP contribution in [0.3, 0.4) is 0 Å². The van der Waals surface area contributed by atoms with E-state index in [-0.39, 0.29) is 0 Å². The van der Waals surface area contributed by atoms with Crippen LogP contribution in [0.2, 0.25) is 0 Å². The summed E-state index contributed by atoms with van der Waals surface area (Å²) in [5.74, 6) is 4.93. The minimum Gasteiger partial charge on any atom is -0.456 e. The van der Waals surface area contributed by atoms with Crippen LogP contribution in [0.5, 0.6) is 0 Å². The number of carbonyl (C=O) groups excluding carboxylic acids is 1. The Morgan fingerprint density at radius 2 is 2.06 bits per heavy atom. The van der Waals surface area contributed by atoms with Crippen LogP contribution in [0.4, 0.5) is 0 Å². The highest BCUT2D eigenvalue weighted by Gasteiger charge is 1.93. The van der Waals surface area contributed by atoms with E-state index in [0.717, 1.165) is 25.7 Å². The third-order valence-electron chi connectivity index (χ3n) is 2.02. The molecule has 0 radical (unpaired) electrons. The highest BCUT2D eigenvalue weighted by Crippen LogP contribution is 1.96. The lowest BCUT2D eigenvalue weighted by molar-refractivity contribution is -0.136. The summed E-state index contributed by atoms with van der Waals surface area (Å²) < 4.78 is 4.93. The molecule has 0 N–H and O–H groups in total. The number of carbonyl (C=O) groups is 1. The van der Waals surface area contributed by atoms with Gasteiger partial charge in [0.2, 0.25) is 0 Å². The van der Waals surface area contributed by atoms with E-state index < -0.39 is 5.97 Å². The molecule has 0 spiro atoms. The summed E-state index contributed by atoms with van der Waals surface area (Å²) in [5, 5.41) is 0. The molecule has 0 rings (SSSR count). The summed E-state index contributed by atoms with van der Waals surface area (Å²) in [6.07, 6.45) is 10.1. The average Bonchev–Trinajstić information content (AvgIpc) is 2.28. The Labute approximate surface area is 99.1 Å². The summed E-state index contributed by atoms with van der Waals surface area (Å²) in [5.41, 5.74) is 0. The average molecular weight is 222 g/mol. The Bertz CT molecular complexity index is 256. The van der Waals surface area contributed by atoms with E-state index in [1.54, 1.807) is 0 Å². The Morgan fingerprint density at radius 1 is 1.25 bits per heavy atom. The van der Waals surface area contributed by atoms with E-state index in [1.807, 2.05) is 6.08 Å². The van der Waals surface area contributed by atoms with E-state index in [1.165, 1.54) is 12.8 Å². The summed E-state index contributed by atoms with van der Waals surface area (Å²) in [4.78, 5) is 11.1. The molecule has 0 aromatic heterocycles. The van der Waals surface area contributed by atoms with Gasteiger partial charge in [-0.2, -0.15) is 0 Å². The van der Waals surface area contributed by atoms with Gasteiger partial charge < -0.3 is 4.74 Å². The van der Waals surface area contributed by atoms with Gasteiger partial charge in [-0.25, -0.2) is 4.79 Å². The molecule has 0 aromatic rings. The van der Waals surface area contributed by atoms with Gasteiger partial charge in [-0.15, -0.1) is 0 Å². The number of ether oxygens (including phenoxy) is 1. The van der Waals surface area contributed by atoms with Crippen molar-refractivity contribution in [3.8, 4) is 11.8 Å². The van der Waals surface area contributed by atoms with Crippen molar-refractivity contribution in [1.29, 1.82) is 0 Å². The van der Waals surface area contributed by atoms with Crippen molar-refractivity contribution in [1.82, 2.24) is 0 Å². The predicted octanol–water partition coefficient (Wildman–Crippen LogP) is 3.47. The molecule has 0 aliphatic heterocycles. The summed E-state index contributed by atoms with van der Waals surface area (Å²) in [6, 6.07) is 0. The summed E-state index contributed by atoms with van der Waals surface area (Å²) in [6.45, 7) is 4.65. The largest absolute Gasteiger partial charge is 0.456 e. The third kappa shape index (κ3) is 10.8. The fourth-order valence-electron chi connectivity index (χ4n) is 1.14. The van der Waals surface area contributed by atoms with Crippen molar-refractivity contribution in [2.24, 2.45) is 0 Å². The molecule has 0 aliphatic carbocycles. The third-order valence-corrected chi connectivity index (χ3v) is 2.02. The van der Waals surface area contributed by atoms with Crippen LogP contribution < -0.4 is 0 Å². The van der Waals surface area contributed by atoms with E-state index in [9.17, 15) is 4.79 Å². The van der Waals surface area contributed by atoms with Gasteiger partial charge in [0.1, 0.15) is 0 Å². The first-order valence-electron chi connectivity index (χ1n) is 6.11. The van der Waals surface area contributed by atoms with Gasteiger partial charge in [0, 0.05) is 12.3 Å². The molecule has 2 nitrogen and oxygen atoms in total. The van der Waals surface area contributed by atoms with Gasteiger partial charge in [-0.05, 0) is 19.3 Å². The van der Waals surface area contributed by atoms with Crippen molar-refractivity contribution < 1.29 is 9.53 Å². The zero-order valence-electron chi connectivity index (χ0n) is 10.4. The van der Waals surface area contributed by atoms with Crippen molar-refractivity contribution in [2.45, 2.75) is 52.4 Å². The van der Waals surface area contributed by atoms with E-state index in [0.29, 0.717) is 6.61 Å². The molecule has 0 heterocycles. The number of unbranched alkanes of at least 4 members (excludes halogenated alkanes) is 3. The van der Waals surface area contributed by atoms with Crippen LogP contribution in [0, 0.1) is 11.8 Å². The van der Waals surface area contributed by atoms with Gasteiger partial charge in [-0.1, -0.05) is 44.8 Å². The zero-order valence-corrected chi connectivity index (χ0v) is 10.4. The highest BCUT2D eigenvalue weighted by atomic mass is 16.5. The Morgan fingerprint density at radius 3 is 2.75 bits per heavy atom.